The SMILES string of the molecule is COCCNCCC=CCc1c(C)cc(C)cc1C. The Morgan fingerprint density at radius 1 is 1.05 bits per heavy atom. The molecule has 1 aromatic rings. The number of allylic oxidation sites excluding steroid dienone is 1. The highest BCUT2D eigenvalue weighted by atomic mass is 16.5. The fourth-order valence-corrected chi connectivity index (χ4v) is 2.34. The van der Waals surface area contributed by atoms with Gasteiger partial charge in [-0.1, -0.05) is 29.8 Å². The van der Waals surface area contributed by atoms with Crippen LogP contribution in [-0.4, -0.2) is 26.8 Å². The van der Waals surface area contributed by atoms with Crippen LogP contribution in [0.3, 0.4) is 0 Å². The van der Waals surface area contributed by atoms with Crippen LogP contribution in [0.25, 0.3) is 0 Å². The average Bonchev–Trinajstić information content (AvgIpc) is 2.35. The van der Waals surface area contributed by atoms with Crippen molar-refractivity contribution in [2.45, 2.75) is 33.6 Å². The van der Waals surface area contributed by atoms with Crippen molar-refractivity contribution in [2.75, 3.05) is 26.8 Å². The quantitative estimate of drug-likeness (QED) is 0.572. The first-order chi connectivity index (χ1) is 9.15. The van der Waals surface area contributed by atoms with Crippen LogP contribution in [-0.2, 0) is 11.2 Å². The molecule has 2 nitrogen and oxygen atoms in total. The number of ether oxygens (including phenoxy) is 1. The highest BCUT2D eigenvalue weighted by Gasteiger charge is 2.01. The van der Waals surface area contributed by atoms with Crippen molar-refractivity contribution in [1.29, 1.82) is 0 Å². The van der Waals surface area contributed by atoms with Crippen molar-refractivity contribution >= 4 is 0 Å². The van der Waals surface area contributed by atoms with E-state index >= 15 is 0 Å². The van der Waals surface area contributed by atoms with Gasteiger partial charge in [0, 0.05) is 13.7 Å². The van der Waals surface area contributed by atoms with Gasteiger partial charge in [-0.3, -0.25) is 0 Å². The van der Waals surface area contributed by atoms with Crippen molar-refractivity contribution in [2.24, 2.45) is 0 Å². The van der Waals surface area contributed by atoms with Crippen molar-refractivity contribution in [3.63, 3.8) is 0 Å². The highest BCUT2D eigenvalue weighted by molar-refractivity contribution is 5.38. The second-order valence-corrected chi connectivity index (χ2v) is 5.08. The van der Waals surface area contributed by atoms with Gasteiger partial charge < -0.3 is 10.1 Å². The van der Waals surface area contributed by atoms with Crippen LogP contribution in [0.1, 0.15) is 28.7 Å². The van der Waals surface area contributed by atoms with Gasteiger partial charge in [-0.25, -0.2) is 0 Å². The lowest BCUT2D eigenvalue weighted by Crippen LogP contribution is -2.19. The molecule has 0 saturated carbocycles. The van der Waals surface area contributed by atoms with Crippen molar-refractivity contribution in [3.05, 3.63) is 46.5 Å². The standard InChI is InChI=1S/C17H27NO/c1-14-12-15(2)17(16(3)13-14)8-6-5-7-9-18-10-11-19-4/h5-6,12-13,18H,7-11H2,1-4H3. The lowest BCUT2D eigenvalue weighted by atomic mass is 9.97. The van der Waals surface area contributed by atoms with Gasteiger partial charge >= 0.3 is 0 Å². The van der Waals surface area contributed by atoms with E-state index in [0.717, 1.165) is 32.5 Å². The maximum absolute atomic E-state index is 4.98. The van der Waals surface area contributed by atoms with Crippen LogP contribution >= 0.6 is 0 Å². The first kappa shape index (κ1) is 15.9. The van der Waals surface area contributed by atoms with E-state index in [1.54, 1.807) is 7.11 Å². The number of hydrogen-bond acceptors (Lipinski definition) is 2. The maximum atomic E-state index is 4.98. The third-order valence-corrected chi connectivity index (χ3v) is 3.30. The molecule has 0 aliphatic rings. The summed E-state index contributed by atoms with van der Waals surface area (Å²) < 4.78 is 4.98. The van der Waals surface area contributed by atoms with E-state index in [2.05, 4.69) is 50.4 Å². The molecule has 0 unspecified atom stereocenters. The second-order valence-electron chi connectivity index (χ2n) is 5.08. The van der Waals surface area contributed by atoms with Crippen LogP contribution in [0.4, 0.5) is 0 Å². The summed E-state index contributed by atoms with van der Waals surface area (Å²) in [7, 11) is 1.73. The number of hydrogen-bond donors (Lipinski definition) is 1. The summed E-state index contributed by atoms with van der Waals surface area (Å²) in [4.78, 5) is 0. The molecule has 0 heterocycles. The smallest absolute Gasteiger partial charge is 0.0587 e. The molecule has 106 valence electrons. The molecule has 1 N–H and O–H groups in total. The Kier molecular flexibility index (Phi) is 7.46. The topological polar surface area (TPSA) is 21.3 Å². The molecule has 0 aliphatic carbocycles. The van der Waals surface area contributed by atoms with Gasteiger partial charge in [0.05, 0.1) is 6.61 Å². The lowest BCUT2D eigenvalue weighted by Gasteiger charge is -2.09. The third kappa shape index (κ3) is 6.04. The molecular weight excluding hydrogens is 234 g/mol. The summed E-state index contributed by atoms with van der Waals surface area (Å²) >= 11 is 0. The summed E-state index contributed by atoms with van der Waals surface area (Å²) in [5.74, 6) is 0. The van der Waals surface area contributed by atoms with E-state index in [0.29, 0.717) is 0 Å². The van der Waals surface area contributed by atoms with Crippen LogP contribution < -0.4 is 5.32 Å². The van der Waals surface area contributed by atoms with E-state index in [4.69, 9.17) is 4.74 Å². The minimum atomic E-state index is 0.783. The van der Waals surface area contributed by atoms with Crippen LogP contribution in [0.15, 0.2) is 24.3 Å². The van der Waals surface area contributed by atoms with Gasteiger partial charge in [-0.2, -0.15) is 0 Å². The van der Waals surface area contributed by atoms with E-state index in [9.17, 15) is 0 Å². The van der Waals surface area contributed by atoms with Gasteiger partial charge in [0.1, 0.15) is 0 Å². The molecule has 0 aliphatic heterocycles. The number of nitrogens with one attached hydrogen (secondary N) is 1. The Morgan fingerprint density at radius 2 is 1.74 bits per heavy atom. The normalized spacial score (nSPS) is 11.4. The molecule has 0 radical (unpaired) electrons. The summed E-state index contributed by atoms with van der Waals surface area (Å²) in [5, 5.41) is 3.34. The monoisotopic (exact) mass is 261 g/mol. The largest absolute Gasteiger partial charge is 0.383 e. The fourth-order valence-electron chi connectivity index (χ4n) is 2.34. The summed E-state index contributed by atoms with van der Waals surface area (Å²) in [6.45, 7) is 9.30. The Balaban J connectivity index is 2.32. The molecule has 0 fully saturated rings. The minimum Gasteiger partial charge on any atom is -0.383 e. The average molecular weight is 261 g/mol. The van der Waals surface area contributed by atoms with Crippen LogP contribution in [0, 0.1) is 20.8 Å². The van der Waals surface area contributed by atoms with E-state index in [1.165, 1.54) is 22.3 Å². The predicted octanol–water partition coefficient (Wildman–Crippen LogP) is 3.34. The van der Waals surface area contributed by atoms with E-state index in [1.807, 2.05) is 0 Å². The predicted molar refractivity (Wildman–Crippen MR) is 82.9 cm³/mol. The summed E-state index contributed by atoms with van der Waals surface area (Å²) in [5.41, 5.74) is 5.63. The molecule has 0 amide bonds. The van der Waals surface area contributed by atoms with Gasteiger partial charge in [0.15, 0.2) is 0 Å². The summed E-state index contributed by atoms with van der Waals surface area (Å²) in [6, 6.07) is 4.53. The molecular formula is C17H27NO. The summed E-state index contributed by atoms with van der Waals surface area (Å²) in [6.07, 6.45) is 6.66. The van der Waals surface area contributed by atoms with Crippen LogP contribution in [0.2, 0.25) is 0 Å². The molecule has 0 atom stereocenters. The zero-order valence-corrected chi connectivity index (χ0v) is 12.8. The minimum absolute atomic E-state index is 0.783. The lowest BCUT2D eigenvalue weighted by molar-refractivity contribution is 0.199. The van der Waals surface area contributed by atoms with Crippen molar-refractivity contribution in [1.82, 2.24) is 5.32 Å². The maximum Gasteiger partial charge on any atom is 0.0587 e. The Hall–Kier alpha value is -1.12. The Labute approximate surface area is 117 Å². The zero-order chi connectivity index (χ0) is 14.1. The number of methoxy groups -OCH3 is 1. The fraction of sp³-hybridized carbons (Fsp3) is 0.529. The third-order valence-electron chi connectivity index (χ3n) is 3.30. The van der Waals surface area contributed by atoms with E-state index in [-0.39, 0.29) is 0 Å². The molecule has 0 saturated heterocycles. The molecule has 1 aromatic carbocycles. The first-order valence-electron chi connectivity index (χ1n) is 7.06. The number of benzene rings is 1. The molecule has 2 heteroatoms. The van der Waals surface area contributed by atoms with Gasteiger partial charge in [-0.15, -0.1) is 0 Å². The van der Waals surface area contributed by atoms with Gasteiger partial charge in [-0.05, 0) is 56.8 Å². The number of aryl methyl sites for hydroxylation is 3. The highest BCUT2D eigenvalue weighted by Crippen LogP contribution is 2.17. The Morgan fingerprint density at radius 3 is 2.37 bits per heavy atom. The van der Waals surface area contributed by atoms with E-state index < -0.39 is 0 Å². The molecule has 19 heavy (non-hydrogen) atoms. The molecule has 0 bridgehead atoms. The van der Waals surface area contributed by atoms with Crippen molar-refractivity contribution in [3.8, 4) is 0 Å². The van der Waals surface area contributed by atoms with Crippen molar-refractivity contribution < 1.29 is 4.74 Å². The zero-order valence-electron chi connectivity index (χ0n) is 12.8. The molecule has 0 aromatic heterocycles. The number of rotatable bonds is 8. The molecule has 1 rings (SSSR count). The second kappa shape index (κ2) is 8.89. The van der Waals surface area contributed by atoms with Gasteiger partial charge in [0.25, 0.3) is 0 Å². The Bertz CT molecular complexity index is 387. The first-order valence-corrected chi connectivity index (χ1v) is 7.06. The van der Waals surface area contributed by atoms with Crippen LogP contribution in [0.5, 0.6) is 0 Å². The molecule has 0 spiro atoms. The van der Waals surface area contributed by atoms with Gasteiger partial charge in [0.2, 0.25) is 0 Å².